The monoisotopic (exact) mass is 247 g/mol. The van der Waals surface area contributed by atoms with Gasteiger partial charge in [-0.3, -0.25) is 4.90 Å². The van der Waals surface area contributed by atoms with E-state index in [0.717, 1.165) is 12.3 Å². The van der Waals surface area contributed by atoms with Crippen LogP contribution in [0.1, 0.15) is 17.3 Å². The molecule has 0 aliphatic rings. The number of nitrogens with zero attached hydrogens (tertiary/aromatic N) is 3. The second kappa shape index (κ2) is 5.64. The Morgan fingerprint density at radius 3 is 2.78 bits per heavy atom. The molecule has 0 fully saturated rings. The Kier molecular flexibility index (Phi) is 3.94. The van der Waals surface area contributed by atoms with E-state index < -0.39 is 0 Å². The third-order valence-corrected chi connectivity index (χ3v) is 2.56. The molecule has 0 saturated heterocycles. The Bertz CT molecular complexity index is 510. The van der Waals surface area contributed by atoms with Gasteiger partial charge in [0, 0.05) is 13.5 Å². The third-order valence-electron chi connectivity index (χ3n) is 2.56. The van der Waals surface area contributed by atoms with Crippen LogP contribution >= 0.6 is 0 Å². The van der Waals surface area contributed by atoms with Crippen molar-refractivity contribution in [1.29, 1.82) is 0 Å². The molecule has 96 valence electrons. The van der Waals surface area contributed by atoms with Crippen molar-refractivity contribution in [2.24, 2.45) is 0 Å². The Balaban J connectivity index is 1.96. The number of benzene rings is 1. The average Bonchev–Trinajstić information content (AvgIpc) is 2.74. The van der Waals surface area contributed by atoms with E-state index >= 15 is 0 Å². The number of rotatable bonds is 5. The molecule has 0 amide bonds. The minimum Gasteiger partial charge on any atom is -0.497 e. The SMILES string of the molecule is COc1cccc(CN(C)Cc2nnc(C)o2)c1. The van der Waals surface area contributed by atoms with Gasteiger partial charge in [0.15, 0.2) is 0 Å². The maximum absolute atomic E-state index is 5.35. The molecule has 2 rings (SSSR count). The van der Waals surface area contributed by atoms with Crippen molar-refractivity contribution in [3.8, 4) is 5.75 Å². The highest BCUT2D eigenvalue weighted by Gasteiger charge is 2.07. The molecule has 5 heteroatoms. The van der Waals surface area contributed by atoms with Crippen molar-refractivity contribution in [3.63, 3.8) is 0 Å². The van der Waals surface area contributed by atoms with Crippen LogP contribution in [0.4, 0.5) is 0 Å². The largest absolute Gasteiger partial charge is 0.497 e. The molecule has 0 atom stereocenters. The summed E-state index contributed by atoms with van der Waals surface area (Å²) in [7, 11) is 3.68. The lowest BCUT2D eigenvalue weighted by Crippen LogP contribution is -2.17. The smallest absolute Gasteiger partial charge is 0.230 e. The number of hydrogen-bond acceptors (Lipinski definition) is 5. The van der Waals surface area contributed by atoms with Gasteiger partial charge in [-0.25, -0.2) is 0 Å². The summed E-state index contributed by atoms with van der Waals surface area (Å²) < 4.78 is 10.5. The highest BCUT2D eigenvalue weighted by Crippen LogP contribution is 2.14. The summed E-state index contributed by atoms with van der Waals surface area (Å²) in [5, 5.41) is 7.79. The van der Waals surface area contributed by atoms with Crippen LogP contribution in [0.15, 0.2) is 28.7 Å². The van der Waals surface area contributed by atoms with Gasteiger partial charge in [-0.05, 0) is 24.7 Å². The second-order valence-corrected chi connectivity index (χ2v) is 4.24. The van der Waals surface area contributed by atoms with Gasteiger partial charge in [0.05, 0.1) is 13.7 Å². The van der Waals surface area contributed by atoms with Crippen molar-refractivity contribution < 1.29 is 9.15 Å². The van der Waals surface area contributed by atoms with Gasteiger partial charge in [0.1, 0.15) is 5.75 Å². The van der Waals surface area contributed by atoms with Crippen LogP contribution in [0.2, 0.25) is 0 Å². The fourth-order valence-corrected chi connectivity index (χ4v) is 1.77. The quantitative estimate of drug-likeness (QED) is 0.809. The van der Waals surface area contributed by atoms with Crippen LogP contribution in [0, 0.1) is 6.92 Å². The van der Waals surface area contributed by atoms with Crippen molar-refractivity contribution in [2.75, 3.05) is 14.2 Å². The van der Waals surface area contributed by atoms with Crippen molar-refractivity contribution >= 4 is 0 Å². The fraction of sp³-hybridized carbons (Fsp3) is 0.385. The Morgan fingerprint density at radius 1 is 1.28 bits per heavy atom. The van der Waals surface area contributed by atoms with E-state index in [9.17, 15) is 0 Å². The second-order valence-electron chi connectivity index (χ2n) is 4.24. The van der Waals surface area contributed by atoms with Gasteiger partial charge < -0.3 is 9.15 Å². The Morgan fingerprint density at radius 2 is 2.11 bits per heavy atom. The normalized spacial score (nSPS) is 10.9. The molecule has 1 aromatic heterocycles. The molecule has 5 nitrogen and oxygen atoms in total. The lowest BCUT2D eigenvalue weighted by atomic mass is 10.2. The molecule has 0 aliphatic carbocycles. The van der Waals surface area contributed by atoms with Crippen LogP contribution in [0.25, 0.3) is 0 Å². The topological polar surface area (TPSA) is 51.4 Å². The molecule has 18 heavy (non-hydrogen) atoms. The van der Waals surface area contributed by atoms with Crippen LogP contribution in [-0.2, 0) is 13.1 Å². The molecule has 0 N–H and O–H groups in total. The minimum absolute atomic E-state index is 0.597. The molecule has 0 aliphatic heterocycles. The Hall–Kier alpha value is -1.88. The zero-order valence-corrected chi connectivity index (χ0v) is 10.9. The van der Waals surface area contributed by atoms with Gasteiger partial charge in [0.2, 0.25) is 11.8 Å². The van der Waals surface area contributed by atoms with Crippen molar-refractivity contribution in [2.45, 2.75) is 20.0 Å². The molecular formula is C13H17N3O2. The van der Waals surface area contributed by atoms with Crippen molar-refractivity contribution in [1.82, 2.24) is 15.1 Å². The van der Waals surface area contributed by atoms with Gasteiger partial charge in [-0.2, -0.15) is 0 Å². The Labute approximate surface area is 106 Å². The van der Waals surface area contributed by atoms with E-state index in [1.165, 1.54) is 5.56 Å². The van der Waals surface area contributed by atoms with E-state index in [1.807, 2.05) is 25.2 Å². The highest BCUT2D eigenvalue weighted by molar-refractivity contribution is 5.28. The van der Waals surface area contributed by atoms with Gasteiger partial charge >= 0.3 is 0 Å². The highest BCUT2D eigenvalue weighted by atomic mass is 16.5. The van der Waals surface area contributed by atoms with Crippen molar-refractivity contribution in [3.05, 3.63) is 41.6 Å². The first-order valence-corrected chi connectivity index (χ1v) is 5.78. The van der Waals surface area contributed by atoms with E-state index in [0.29, 0.717) is 18.3 Å². The van der Waals surface area contributed by atoms with E-state index in [-0.39, 0.29) is 0 Å². The van der Waals surface area contributed by atoms with E-state index in [4.69, 9.17) is 9.15 Å². The summed E-state index contributed by atoms with van der Waals surface area (Å²) >= 11 is 0. The maximum atomic E-state index is 5.35. The minimum atomic E-state index is 0.597. The summed E-state index contributed by atoms with van der Waals surface area (Å²) in [6, 6.07) is 8.01. The summed E-state index contributed by atoms with van der Waals surface area (Å²) in [5.74, 6) is 2.10. The zero-order valence-electron chi connectivity index (χ0n) is 10.9. The van der Waals surface area contributed by atoms with Crippen LogP contribution in [0.3, 0.4) is 0 Å². The third kappa shape index (κ3) is 3.30. The molecule has 0 unspecified atom stereocenters. The molecule has 0 bridgehead atoms. The number of ether oxygens (including phenoxy) is 1. The van der Waals surface area contributed by atoms with Crippen LogP contribution in [-0.4, -0.2) is 29.3 Å². The van der Waals surface area contributed by atoms with Crippen LogP contribution in [0.5, 0.6) is 5.75 Å². The fourth-order valence-electron chi connectivity index (χ4n) is 1.77. The number of aromatic nitrogens is 2. The summed E-state index contributed by atoms with van der Waals surface area (Å²) in [4.78, 5) is 2.11. The van der Waals surface area contributed by atoms with E-state index in [1.54, 1.807) is 14.0 Å². The average molecular weight is 247 g/mol. The first-order valence-electron chi connectivity index (χ1n) is 5.78. The van der Waals surface area contributed by atoms with E-state index in [2.05, 4.69) is 21.2 Å². The summed E-state index contributed by atoms with van der Waals surface area (Å²) in [6.45, 7) is 3.23. The van der Waals surface area contributed by atoms with Crippen LogP contribution < -0.4 is 4.74 Å². The standard InChI is InChI=1S/C13H17N3O2/c1-10-14-15-13(18-10)9-16(2)8-11-5-4-6-12(7-11)17-3/h4-7H,8-9H2,1-3H3. The predicted molar refractivity (Wildman–Crippen MR) is 67.2 cm³/mol. The predicted octanol–water partition coefficient (Wildman–Crippen LogP) is 2.02. The first kappa shape index (κ1) is 12.6. The molecule has 0 saturated carbocycles. The lowest BCUT2D eigenvalue weighted by Gasteiger charge is -2.14. The lowest BCUT2D eigenvalue weighted by molar-refractivity contribution is 0.278. The number of aryl methyl sites for hydroxylation is 1. The molecule has 1 heterocycles. The number of methoxy groups -OCH3 is 1. The maximum Gasteiger partial charge on any atom is 0.230 e. The van der Waals surface area contributed by atoms with Gasteiger partial charge in [-0.1, -0.05) is 12.1 Å². The van der Waals surface area contributed by atoms with Gasteiger partial charge in [-0.15, -0.1) is 10.2 Å². The summed E-state index contributed by atoms with van der Waals surface area (Å²) in [5.41, 5.74) is 1.19. The molecular weight excluding hydrogens is 230 g/mol. The summed E-state index contributed by atoms with van der Waals surface area (Å²) in [6.07, 6.45) is 0. The number of hydrogen-bond donors (Lipinski definition) is 0. The first-order chi connectivity index (χ1) is 8.67. The zero-order chi connectivity index (χ0) is 13.0. The molecule has 0 spiro atoms. The van der Waals surface area contributed by atoms with Gasteiger partial charge in [0.25, 0.3) is 0 Å². The molecule has 1 aromatic carbocycles. The molecule has 2 aromatic rings. The molecule has 0 radical (unpaired) electrons.